The van der Waals surface area contributed by atoms with E-state index in [-0.39, 0.29) is 23.2 Å². The van der Waals surface area contributed by atoms with Crippen LogP contribution in [0.25, 0.3) is 0 Å². The molecule has 4 atom stereocenters. The molecule has 1 aromatic rings. The highest BCUT2D eigenvalue weighted by atomic mass is 35.5. The molecule has 0 radical (unpaired) electrons. The number of allylic oxidation sites excluding steroid dienone is 2. The Morgan fingerprint density at radius 2 is 1.97 bits per heavy atom. The molecule has 5 rings (SSSR count). The molecule has 4 aliphatic rings. The van der Waals surface area contributed by atoms with Crippen LogP contribution in [0.15, 0.2) is 30.5 Å². The van der Waals surface area contributed by atoms with Gasteiger partial charge in [-0.05, 0) is 81.1 Å². The number of hydrogen-bond acceptors (Lipinski definition) is 4. The average molecular weight is 443 g/mol. The maximum Gasteiger partial charge on any atom is 0.229 e. The summed E-state index contributed by atoms with van der Waals surface area (Å²) >= 11 is 6.01. The first-order valence-electron chi connectivity index (χ1n) is 11.6. The number of nitrogens with one attached hydrogen (secondary N) is 1. The predicted molar refractivity (Wildman–Crippen MR) is 119 cm³/mol. The van der Waals surface area contributed by atoms with E-state index in [4.69, 9.17) is 17.3 Å². The molecule has 31 heavy (non-hydrogen) atoms. The Balaban J connectivity index is 1.35. The summed E-state index contributed by atoms with van der Waals surface area (Å²) in [7, 11) is 0. The van der Waals surface area contributed by atoms with Gasteiger partial charge in [0.2, 0.25) is 11.8 Å². The molecule has 1 aromatic heterocycles. The Labute approximate surface area is 188 Å². The van der Waals surface area contributed by atoms with Crippen molar-refractivity contribution in [1.29, 1.82) is 0 Å². The quantitative estimate of drug-likeness (QED) is 0.368. The van der Waals surface area contributed by atoms with Gasteiger partial charge in [0.1, 0.15) is 5.15 Å². The van der Waals surface area contributed by atoms with Crippen molar-refractivity contribution >= 4 is 23.4 Å². The normalized spacial score (nSPS) is 32.6. The molecule has 2 saturated carbocycles. The van der Waals surface area contributed by atoms with Gasteiger partial charge in [0, 0.05) is 18.7 Å². The molecule has 2 bridgehead atoms. The number of unbranched alkanes of at least 4 members (excludes halogenated alkanes) is 1. The van der Waals surface area contributed by atoms with E-state index in [1.807, 2.05) is 6.07 Å². The highest BCUT2D eigenvalue weighted by Gasteiger charge is 2.76. The van der Waals surface area contributed by atoms with Crippen LogP contribution in [0, 0.1) is 23.2 Å². The van der Waals surface area contributed by atoms with E-state index >= 15 is 0 Å². The van der Waals surface area contributed by atoms with Crippen LogP contribution in [0.2, 0.25) is 5.15 Å². The van der Waals surface area contributed by atoms with Crippen LogP contribution in [-0.2, 0) is 15.0 Å². The first-order valence-corrected chi connectivity index (χ1v) is 12.0. The Hall–Kier alpha value is -1.92. The fraction of sp³-hybridized carbons (Fsp3) is 0.625. The smallest absolute Gasteiger partial charge is 0.229 e. The van der Waals surface area contributed by atoms with Crippen LogP contribution in [-0.4, -0.2) is 47.9 Å². The van der Waals surface area contributed by atoms with Crippen molar-refractivity contribution in [2.24, 2.45) is 28.9 Å². The molecule has 2 heterocycles. The van der Waals surface area contributed by atoms with Crippen LogP contribution in [0.5, 0.6) is 0 Å². The second-order valence-corrected chi connectivity index (χ2v) is 10.1. The topological polar surface area (TPSA) is 88.3 Å². The Morgan fingerprint density at radius 1 is 1.19 bits per heavy atom. The number of carbonyl (C=O) groups excluding carboxylic acids is 2. The lowest BCUT2D eigenvalue weighted by molar-refractivity contribution is -0.136. The molecule has 6 nitrogen and oxygen atoms in total. The minimum atomic E-state index is -1.06. The SMILES string of the molecule is NC(=O)[C@@]1(c2ccc(Cl)nc2)[C@H](C(=O)NCCCCN2CCCC2)[C@H]2C=C[C@H]1C21CC1. The third kappa shape index (κ3) is 3.21. The Morgan fingerprint density at radius 3 is 2.61 bits per heavy atom. The third-order valence-electron chi connectivity index (χ3n) is 8.26. The fourth-order valence-electron chi connectivity index (χ4n) is 6.72. The molecule has 2 amide bonds. The number of hydrogen-bond donors (Lipinski definition) is 2. The van der Waals surface area contributed by atoms with Gasteiger partial charge >= 0.3 is 0 Å². The summed E-state index contributed by atoms with van der Waals surface area (Å²) < 4.78 is 0. The van der Waals surface area contributed by atoms with E-state index in [9.17, 15) is 9.59 Å². The van der Waals surface area contributed by atoms with Crippen molar-refractivity contribution in [2.45, 2.75) is 43.9 Å². The first kappa shape index (κ1) is 21.0. The molecule has 166 valence electrons. The van der Waals surface area contributed by atoms with Crippen molar-refractivity contribution in [3.8, 4) is 0 Å². The zero-order chi connectivity index (χ0) is 21.6. The molecule has 0 aromatic carbocycles. The second kappa shape index (κ2) is 7.89. The molecule has 3 N–H and O–H groups in total. The van der Waals surface area contributed by atoms with Crippen molar-refractivity contribution in [3.63, 3.8) is 0 Å². The Bertz CT molecular complexity index is 891. The molecular weight excluding hydrogens is 412 g/mol. The standard InChI is InChI=1S/C24H31ClN4O2/c25-19-8-5-16(15-28-19)24(22(26)31)18-7-6-17(23(18)9-10-23)20(24)21(30)27-11-1-2-12-29-13-3-4-14-29/h5-8,15,17-18,20H,1-4,9-14H2,(H2,26,31)(H,27,30)/t17-,18+,20+,24-/m1/s1. The number of rotatable bonds is 8. The molecule has 3 fully saturated rings. The van der Waals surface area contributed by atoms with Crippen LogP contribution in [0.4, 0.5) is 0 Å². The van der Waals surface area contributed by atoms with Crippen LogP contribution in [0.1, 0.15) is 44.1 Å². The number of aromatic nitrogens is 1. The van der Waals surface area contributed by atoms with Crippen LogP contribution < -0.4 is 11.1 Å². The monoisotopic (exact) mass is 442 g/mol. The lowest BCUT2D eigenvalue weighted by Crippen LogP contribution is -2.55. The zero-order valence-electron chi connectivity index (χ0n) is 17.9. The molecule has 1 aliphatic heterocycles. The number of pyridine rings is 1. The zero-order valence-corrected chi connectivity index (χ0v) is 18.6. The summed E-state index contributed by atoms with van der Waals surface area (Å²) in [6.07, 6.45) is 12.6. The van der Waals surface area contributed by atoms with Gasteiger partial charge in [0.05, 0.1) is 11.3 Å². The van der Waals surface area contributed by atoms with E-state index in [0.29, 0.717) is 17.3 Å². The summed E-state index contributed by atoms with van der Waals surface area (Å²) in [5.41, 5.74) is 5.73. The minimum absolute atomic E-state index is 0.00751. The third-order valence-corrected chi connectivity index (χ3v) is 8.48. The maximum absolute atomic E-state index is 13.5. The number of nitrogens with zero attached hydrogens (tertiary/aromatic N) is 2. The summed E-state index contributed by atoms with van der Waals surface area (Å²) in [5.74, 6) is -1.00. The number of nitrogens with two attached hydrogens (primary N) is 1. The summed E-state index contributed by atoms with van der Waals surface area (Å²) in [5, 5.41) is 3.51. The van der Waals surface area contributed by atoms with Gasteiger partial charge in [-0.2, -0.15) is 0 Å². The largest absolute Gasteiger partial charge is 0.369 e. The molecule has 7 heteroatoms. The lowest BCUT2D eigenvalue weighted by Gasteiger charge is -2.38. The maximum atomic E-state index is 13.5. The lowest BCUT2D eigenvalue weighted by atomic mass is 9.63. The van der Waals surface area contributed by atoms with Crippen molar-refractivity contribution < 1.29 is 9.59 Å². The van der Waals surface area contributed by atoms with Crippen LogP contribution >= 0.6 is 11.6 Å². The summed E-state index contributed by atoms with van der Waals surface area (Å²) in [6, 6.07) is 3.51. The van der Waals surface area contributed by atoms with Crippen molar-refractivity contribution in [1.82, 2.24) is 15.2 Å². The number of amides is 2. The van der Waals surface area contributed by atoms with E-state index in [1.54, 1.807) is 12.3 Å². The fourth-order valence-corrected chi connectivity index (χ4v) is 6.83. The molecular formula is C24H31ClN4O2. The number of halogens is 1. The Kier molecular flexibility index (Phi) is 5.33. The van der Waals surface area contributed by atoms with Crippen molar-refractivity contribution in [3.05, 3.63) is 41.2 Å². The predicted octanol–water partition coefficient (Wildman–Crippen LogP) is 2.66. The number of likely N-dealkylation sites (tertiary alicyclic amines) is 1. The first-order chi connectivity index (χ1) is 15.0. The van der Waals surface area contributed by atoms with Gasteiger partial charge in [-0.15, -0.1) is 0 Å². The molecule has 0 unspecified atom stereocenters. The van der Waals surface area contributed by atoms with E-state index in [2.05, 4.69) is 27.4 Å². The number of carbonyl (C=O) groups is 2. The van der Waals surface area contributed by atoms with E-state index in [1.165, 1.54) is 25.9 Å². The average Bonchev–Trinajstić information content (AvgIpc) is 3.12. The number of primary amides is 1. The minimum Gasteiger partial charge on any atom is -0.369 e. The van der Waals surface area contributed by atoms with Gasteiger partial charge in [0.15, 0.2) is 0 Å². The summed E-state index contributed by atoms with van der Waals surface area (Å²) in [4.78, 5) is 33.3. The van der Waals surface area contributed by atoms with Gasteiger partial charge in [0.25, 0.3) is 0 Å². The van der Waals surface area contributed by atoms with E-state index < -0.39 is 17.2 Å². The molecule has 1 spiro atoms. The van der Waals surface area contributed by atoms with Gasteiger partial charge in [-0.1, -0.05) is 29.8 Å². The molecule has 3 aliphatic carbocycles. The highest BCUT2D eigenvalue weighted by molar-refractivity contribution is 6.29. The van der Waals surface area contributed by atoms with E-state index in [0.717, 1.165) is 32.2 Å². The van der Waals surface area contributed by atoms with Gasteiger partial charge in [-0.3, -0.25) is 9.59 Å². The van der Waals surface area contributed by atoms with Gasteiger partial charge in [-0.25, -0.2) is 4.98 Å². The van der Waals surface area contributed by atoms with Crippen LogP contribution in [0.3, 0.4) is 0 Å². The van der Waals surface area contributed by atoms with Crippen molar-refractivity contribution in [2.75, 3.05) is 26.2 Å². The summed E-state index contributed by atoms with van der Waals surface area (Å²) in [6.45, 7) is 4.12. The second-order valence-electron chi connectivity index (χ2n) is 9.75. The highest BCUT2D eigenvalue weighted by Crippen LogP contribution is 2.75. The van der Waals surface area contributed by atoms with Gasteiger partial charge < -0.3 is 16.0 Å². The molecule has 1 saturated heterocycles.